The molecule has 28 heavy (non-hydrogen) atoms. The van der Waals surface area contributed by atoms with Crippen molar-refractivity contribution in [2.75, 3.05) is 19.6 Å². The van der Waals surface area contributed by atoms with E-state index in [1.807, 2.05) is 12.1 Å². The van der Waals surface area contributed by atoms with Crippen LogP contribution in [0, 0.1) is 5.92 Å². The lowest BCUT2D eigenvalue weighted by molar-refractivity contribution is 0.0691. The smallest absolute Gasteiger partial charge is 0.257 e. The molecule has 1 aliphatic rings. The van der Waals surface area contributed by atoms with Crippen molar-refractivity contribution in [2.45, 2.75) is 43.9 Å². The maximum Gasteiger partial charge on any atom is 0.257 e. The van der Waals surface area contributed by atoms with Gasteiger partial charge in [-0.2, -0.15) is 0 Å². The molecular weight excluding hydrogens is 376 g/mol. The van der Waals surface area contributed by atoms with Gasteiger partial charge in [0.2, 0.25) is 10.0 Å². The zero-order valence-electron chi connectivity index (χ0n) is 16.6. The molecule has 1 aromatic heterocycles. The van der Waals surface area contributed by atoms with Crippen molar-refractivity contribution in [2.24, 2.45) is 5.92 Å². The average molecular weight is 405 g/mol. The van der Waals surface area contributed by atoms with Gasteiger partial charge in [0.1, 0.15) is 6.26 Å². The van der Waals surface area contributed by atoms with E-state index in [2.05, 4.69) is 25.5 Å². The minimum Gasteiger partial charge on any atom is -0.472 e. The summed E-state index contributed by atoms with van der Waals surface area (Å²) in [4.78, 5) is 14.4. The van der Waals surface area contributed by atoms with E-state index in [1.165, 1.54) is 12.5 Å². The van der Waals surface area contributed by atoms with E-state index in [-0.39, 0.29) is 22.1 Å². The molecule has 1 fully saturated rings. The Hall–Kier alpha value is -2.12. The Labute approximate surface area is 167 Å². The lowest BCUT2D eigenvalue weighted by Gasteiger charge is -2.31. The van der Waals surface area contributed by atoms with E-state index in [4.69, 9.17) is 4.42 Å². The second-order valence-corrected chi connectivity index (χ2v) is 10.1. The number of hydrogen-bond donors (Lipinski definition) is 1. The molecule has 0 aliphatic carbocycles. The normalized spacial score (nSPS) is 16.3. The molecule has 2 aromatic rings. The summed E-state index contributed by atoms with van der Waals surface area (Å²) in [7, 11) is -3.53. The standard InChI is InChI=1S/C21H28N2O4S/c1-21(2,3)18-4-6-19(7-5-18)28(25,26)22-14-16-8-11-23(12-9-16)20(24)17-10-13-27-15-17/h4-7,10,13,15-16,22H,8-9,11-12,14H2,1-3H3. The van der Waals surface area contributed by atoms with Crippen LogP contribution >= 0.6 is 0 Å². The summed E-state index contributed by atoms with van der Waals surface area (Å²) in [5.41, 5.74) is 1.64. The fourth-order valence-corrected chi connectivity index (χ4v) is 4.47. The molecule has 0 unspecified atom stereocenters. The van der Waals surface area contributed by atoms with Gasteiger partial charge in [-0.1, -0.05) is 32.9 Å². The van der Waals surface area contributed by atoms with E-state index in [9.17, 15) is 13.2 Å². The van der Waals surface area contributed by atoms with Gasteiger partial charge in [0.25, 0.3) is 5.91 Å². The van der Waals surface area contributed by atoms with Crippen molar-refractivity contribution in [1.82, 2.24) is 9.62 Å². The van der Waals surface area contributed by atoms with Crippen molar-refractivity contribution in [3.8, 4) is 0 Å². The van der Waals surface area contributed by atoms with E-state index in [0.29, 0.717) is 25.2 Å². The second-order valence-electron chi connectivity index (χ2n) is 8.37. The topological polar surface area (TPSA) is 79.6 Å². The van der Waals surface area contributed by atoms with Gasteiger partial charge in [0, 0.05) is 19.6 Å². The van der Waals surface area contributed by atoms with Crippen molar-refractivity contribution in [1.29, 1.82) is 0 Å². The van der Waals surface area contributed by atoms with E-state index < -0.39 is 10.0 Å². The predicted octanol–water partition coefficient (Wildman–Crippen LogP) is 3.41. The Bertz CT molecular complexity index is 889. The van der Waals surface area contributed by atoms with Crippen LogP contribution in [0.4, 0.5) is 0 Å². The van der Waals surface area contributed by atoms with Gasteiger partial charge in [0.05, 0.1) is 16.7 Å². The van der Waals surface area contributed by atoms with Gasteiger partial charge in [-0.05, 0) is 47.9 Å². The Balaban J connectivity index is 1.52. The van der Waals surface area contributed by atoms with Crippen LogP contribution in [0.2, 0.25) is 0 Å². The number of amides is 1. The Morgan fingerprint density at radius 3 is 2.32 bits per heavy atom. The Morgan fingerprint density at radius 2 is 1.79 bits per heavy atom. The van der Waals surface area contributed by atoms with Crippen LogP contribution in [0.3, 0.4) is 0 Å². The summed E-state index contributed by atoms with van der Waals surface area (Å²) < 4.78 is 32.9. The third-order valence-corrected chi connectivity index (χ3v) is 6.70. The highest BCUT2D eigenvalue weighted by molar-refractivity contribution is 7.89. The third kappa shape index (κ3) is 4.83. The number of rotatable bonds is 5. The van der Waals surface area contributed by atoms with Gasteiger partial charge in [-0.15, -0.1) is 0 Å². The fraction of sp³-hybridized carbons (Fsp3) is 0.476. The van der Waals surface area contributed by atoms with E-state index >= 15 is 0 Å². The number of carbonyl (C=O) groups excluding carboxylic acids is 1. The quantitative estimate of drug-likeness (QED) is 0.828. The summed E-state index contributed by atoms with van der Waals surface area (Å²) in [5, 5.41) is 0. The maximum absolute atomic E-state index is 12.6. The molecule has 0 atom stereocenters. The van der Waals surface area contributed by atoms with Gasteiger partial charge >= 0.3 is 0 Å². The molecule has 7 heteroatoms. The average Bonchev–Trinajstić information content (AvgIpc) is 3.20. The first kappa shape index (κ1) is 20.6. The zero-order valence-corrected chi connectivity index (χ0v) is 17.5. The van der Waals surface area contributed by atoms with Gasteiger partial charge < -0.3 is 9.32 Å². The van der Waals surface area contributed by atoms with Gasteiger partial charge in [0.15, 0.2) is 0 Å². The highest BCUT2D eigenvalue weighted by Gasteiger charge is 2.25. The predicted molar refractivity (Wildman–Crippen MR) is 108 cm³/mol. The maximum atomic E-state index is 12.6. The minimum atomic E-state index is -3.53. The number of nitrogens with zero attached hydrogens (tertiary/aromatic N) is 1. The number of nitrogens with one attached hydrogen (secondary N) is 1. The van der Waals surface area contributed by atoms with Crippen molar-refractivity contribution in [3.63, 3.8) is 0 Å². The first-order valence-electron chi connectivity index (χ1n) is 9.58. The minimum absolute atomic E-state index is 0.0163. The summed E-state index contributed by atoms with van der Waals surface area (Å²) in [6, 6.07) is 8.72. The fourth-order valence-electron chi connectivity index (χ4n) is 3.35. The first-order chi connectivity index (χ1) is 13.2. The molecule has 3 rings (SSSR count). The molecule has 1 aromatic carbocycles. The van der Waals surface area contributed by atoms with E-state index in [0.717, 1.165) is 18.4 Å². The van der Waals surface area contributed by atoms with Crippen molar-refractivity contribution in [3.05, 3.63) is 54.0 Å². The lowest BCUT2D eigenvalue weighted by Crippen LogP contribution is -2.41. The molecule has 2 heterocycles. The summed E-state index contributed by atoms with van der Waals surface area (Å²) in [5.74, 6) is 0.184. The molecule has 0 saturated carbocycles. The third-order valence-electron chi connectivity index (χ3n) is 5.26. The molecule has 0 radical (unpaired) electrons. The Morgan fingerprint density at radius 1 is 1.14 bits per heavy atom. The van der Waals surface area contributed by atoms with Gasteiger partial charge in [-0.25, -0.2) is 13.1 Å². The van der Waals surface area contributed by atoms with Crippen LogP contribution in [-0.4, -0.2) is 38.9 Å². The van der Waals surface area contributed by atoms with Crippen LogP contribution < -0.4 is 4.72 Å². The van der Waals surface area contributed by atoms with Crippen LogP contribution in [0.15, 0.2) is 52.2 Å². The number of sulfonamides is 1. The highest BCUT2D eigenvalue weighted by Crippen LogP contribution is 2.24. The number of hydrogen-bond acceptors (Lipinski definition) is 4. The van der Waals surface area contributed by atoms with Crippen LogP contribution in [0.1, 0.15) is 49.5 Å². The number of carbonyl (C=O) groups is 1. The molecule has 152 valence electrons. The molecule has 6 nitrogen and oxygen atoms in total. The molecule has 1 saturated heterocycles. The zero-order chi connectivity index (χ0) is 20.4. The molecule has 1 N–H and O–H groups in total. The lowest BCUT2D eigenvalue weighted by atomic mass is 9.87. The van der Waals surface area contributed by atoms with Crippen LogP contribution in [0.25, 0.3) is 0 Å². The second kappa shape index (κ2) is 8.09. The van der Waals surface area contributed by atoms with Gasteiger partial charge in [-0.3, -0.25) is 4.79 Å². The van der Waals surface area contributed by atoms with Crippen LogP contribution in [0.5, 0.6) is 0 Å². The molecule has 0 spiro atoms. The molecule has 0 bridgehead atoms. The largest absolute Gasteiger partial charge is 0.472 e. The number of benzene rings is 1. The Kier molecular flexibility index (Phi) is 5.95. The van der Waals surface area contributed by atoms with E-state index in [1.54, 1.807) is 23.1 Å². The molecular formula is C21H28N2O4S. The highest BCUT2D eigenvalue weighted by atomic mass is 32.2. The summed E-state index contributed by atoms with van der Waals surface area (Å²) in [6.45, 7) is 7.92. The number of furan rings is 1. The number of piperidine rings is 1. The summed E-state index contributed by atoms with van der Waals surface area (Å²) in [6.07, 6.45) is 4.49. The molecule has 1 aliphatic heterocycles. The first-order valence-corrected chi connectivity index (χ1v) is 11.1. The number of likely N-dealkylation sites (tertiary alicyclic amines) is 1. The molecule has 1 amide bonds. The SMILES string of the molecule is CC(C)(C)c1ccc(S(=O)(=O)NCC2CCN(C(=O)c3ccoc3)CC2)cc1. The summed E-state index contributed by atoms with van der Waals surface area (Å²) >= 11 is 0. The van der Waals surface area contributed by atoms with Crippen molar-refractivity contribution >= 4 is 15.9 Å². The monoisotopic (exact) mass is 404 g/mol. The van der Waals surface area contributed by atoms with Crippen molar-refractivity contribution < 1.29 is 17.6 Å². The van der Waals surface area contributed by atoms with Crippen LogP contribution in [-0.2, 0) is 15.4 Å².